The fraction of sp³-hybridized carbons (Fsp3) is 0.647. The smallest absolute Gasteiger partial charge is 0.0322 e. The van der Waals surface area contributed by atoms with Gasteiger partial charge in [-0.25, -0.2) is 0 Å². The van der Waals surface area contributed by atoms with Gasteiger partial charge in [0.15, 0.2) is 0 Å². The Balaban J connectivity index is 2.07. The second kappa shape index (κ2) is 7.44. The number of hydrogen-bond donors (Lipinski definition) is 1. The topological polar surface area (TPSA) is 12.0 Å². The van der Waals surface area contributed by atoms with Crippen LogP contribution in [0.5, 0.6) is 0 Å². The first-order valence-electron chi connectivity index (χ1n) is 7.70. The Labute approximate surface area is 126 Å². The third-order valence-corrected chi connectivity index (χ3v) is 5.22. The van der Waals surface area contributed by atoms with Gasteiger partial charge in [-0.05, 0) is 43.0 Å². The fourth-order valence-corrected chi connectivity index (χ4v) is 3.47. The average Bonchev–Trinajstić information content (AvgIpc) is 2.43. The van der Waals surface area contributed by atoms with Crippen molar-refractivity contribution >= 4 is 15.9 Å². The Morgan fingerprint density at radius 1 is 1.26 bits per heavy atom. The van der Waals surface area contributed by atoms with Crippen molar-refractivity contribution in [2.45, 2.75) is 58.4 Å². The highest BCUT2D eigenvalue weighted by Gasteiger charge is 2.19. The van der Waals surface area contributed by atoms with Gasteiger partial charge in [0.2, 0.25) is 0 Å². The van der Waals surface area contributed by atoms with Crippen LogP contribution < -0.4 is 5.32 Å². The molecular formula is C17H26BrN. The van der Waals surface area contributed by atoms with Crippen molar-refractivity contribution in [3.8, 4) is 0 Å². The molecule has 106 valence electrons. The van der Waals surface area contributed by atoms with Gasteiger partial charge in [-0.3, -0.25) is 0 Å². The van der Waals surface area contributed by atoms with Crippen molar-refractivity contribution in [3.63, 3.8) is 0 Å². The SMILES string of the molecule is CCNC(CC1CCCCC1)c1ccc(Br)c(C)c1. The Morgan fingerprint density at radius 3 is 2.63 bits per heavy atom. The van der Waals surface area contributed by atoms with E-state index in [0.717, 1.165) is 12.5 Å². The number of halogens is 1. The Hall–Kier alpha value is -0.340. The molecule has 0 heterocycles. The Kier molecular flexibility index (Phi) is 5.90. The maximum atomic E-state index is 3.68. The highest BCUT2D eigenvalue weighted by molar-refractivity contribution is 9.10. The molecule has 1 aromatic rings. The summed E-state index contributed by atoms with van der Waals surface area (Å²) in [7, 11) is 0. The molecule has 0 saturated heterocycles. The lowest BCUT2D eigenvalue weighted by Crippen LogP contribution is -2.24. The van der Waals surface area contributed by atoms with E-state index in [-0.39, 0.29) is 0 Å². The van der Waals surface area contributed by atoms with Crippen LogP contribution >= 0.6 is 15.9 Å². The summed E-state index contributed by atoms with van der Waals surface area (Å²) in [6.07, 6.45) is 8.47. The van der Waals surface area contributed by atoms with Crippen LogP contribution in [0.2, 0.25) is 0 Å². The van der Waals surface area contributed by atoms with Crippen molar-refractivity contribution in [2.75, 3.05) is 6.54 Å². The monoisotopic (exact) mass is 323 g/mol. The number of benzene rings is 1. The van der Waals surface area contributed by atoms with Gasteiger partial charge in [-0.2, -0.15) is 0 Å². The molecule has 0 aromatic heterocycles. The zero-order valence-electron chi connectivity index (χ0n) is 12.2. The van der Waals surface area contributed by atoms with E-state index >= 15 is 0 Å². The highest BCUT2D eigenvalue weighted by atomic mass is 79.9. The van der Waals surface area contributed by atoms with Crippen molar-refractivity contribution < 1.29 is 0 Å². The normalized spacial score (nSPS) is 18.5. The summed E-state index contributed by atoms with van der Waals surface area (Å²) in [5.74, 6) is 0.918. The van der Waals surface area contributed by atoms with Gasteiger partial charge in [-0.1, -0.05) is 67.1 Å². The number of hydrogen-bond acceptors (Lipinski definition) is 1. The van der Waals surface area contributed by atoms with Gasteiger partial charge in [0.25, 0.3) is 0 Å². The summed E-state index contributed by atoms with van der Waals surface area (Å²) < 4.78 is 1.21. The predicted octanol–water partition coefficient (Wildman–Crippen LogP) is 5.38. The number of rotatable bonds is 5. The molecular weight excluding hydrogens is 298 g/mol. The van der Waals surface area contributed by atoms with Crippen LogP contribution in [-0.4, -0.2) is 6.54 Å². The second-order valence-corrected chi connectivity index (χ2v) is 6.71. The van der Waals surface area contributed by atoms with E-state index < -0.39 is 0 Å². The maximum Gasteiger partial charge on any atom is 0.0322 e. The molecule has 1 atom stereocenters. The summed E-state index contributed by atoms with van der Waals surface area (Å²) in [5, 5.41) is 3.68. The fourth-order valence-electron chi connectivity index (χ4n) is 3.22. The molecule has 0 spiro atoms. The molecule has 1 aliphatic rings. The lowest BCUT2D eigenvalue weighted by atomic mass is 9.83. The molecule has 0 bridgehead atoms. The molecule has 19 heavy (non-hydrogen) atoms. The van der Waals surface area contributed by atoms with Crippen molar-refractivity contribution in [3.05, 3.63) is 33.8 Å². The van der Waals surface area contributed by atoms with Crippen molar-refractivity contribution in [1.82, 2.24) is 5.32 Å². The largest absolute Gasteiger partial charge is 0.310 e. The van der Waals surface area contributed by atoms with E-state index in [4.69, 9.17) is 0 Å². The zero-order valence-corrected chi connectivity index (χ0v) is 13.8. The minimum atomic E-state index is 0.528. The molecule has 1 saturated carbocycles. The minimum Gasteiger partial charge on any atom is -0.310 e. The van der Waals surface area contributed by atoms with E-state index in [9.17, 15) is 0 Å². The predicted molar refractivity (Wildman–Crippen MR) is 86.5 cm³/mol. The molecule has 1 fully saturated rings. The van der Waals surface area contributed by atoms with E-state index in [1.165, 1.54) is 54.1 Å². The van der Waals surface area contributed by atoms with Crippen molar-refractivity contribution in [1.29, 1.82) is 0 Å². The average molecular weight is 324 g/mol. The maximum absolute atomic E-state index is 3.68. The molecule has 2 heteroatoms. The van der Waals surface area contributed by atoms with Gasteiger partial charge in [-0.15, -0.1) is 0 Å². The lowest BCUT2D eigenvalue weighted by Gasteiger charge is -2.27. The highest BCUT2D eigenvalue weighted by Crippen LogP contribution is 2.32. The van der Waals surface area contributed by atoms with Gasteiger partial charge in [0.1, 0.15) is 0 Å². The van der Waals surface area contributed by atoms with Gasteiger partial charge >= 0.3 is 0 Å². The first-order chi connectivity index (χ1) is 9.20. The van der Waals surface area contributed by atoms with Crippen LogP contribution in [0.3, 0.4) is 0 Å². The summed E-state index contributed by atoms with van der Waals surface area (Å²) >= 11 is 3.60. The first kappa shape index (κ1) is 15.1. The summed E-state index contributed by atoms with van der Waals surface area (Å²) in [4.78, 5) is 0. The molecule has 0 radical (unpaired) electrons. The molecule has 1 unspecified atom stereocenters. The van der Waals surface area contributed by atoms with Gasteiger partial charge < -0.3 is 5.32 Å². The molecule has 1 aliphatic carbocycles. The van der Waals surface area contributed by atoms with Crippen LogP contribution in [0.25, 0.3) is 0 Å². The Morgan fingerprint density at radius 2 is 2.00 bits per heavy atom. The van der Waals surface area contributed by atoms with E-state index in [2.05, 4.69) is 53.3 Å². The molecule has 0 amide bonds. The van der Waals surface area contributed by atoms with Gasteiger partial charge in [0.05, 0.1) is 0 Å². The van der Waals surface area contributed by atoms with Crippen molar-refractivity contribution in [2.24, 2.45) is 5.92 Å². The summed E-state index contributed by atoms with van der Waals surface area (Å²) in [6, 6.07) is 7.32. The summed E-state index contributed by atoms with van der Waals surface area (Å²) in [6.45, 7) is 5.43. The van der Waals surface area contributed by atoms with Gasteiger partial charge in [0, 0.05) is 10.5 Å². The molecule has 2 rings (SSSR count). The van der Waals surface area contributed by atoms with Crippen LogP contribution in [0, 0.1) is 12.8 Å². The zero-order chi connectivity index (χ0) is 13.7. The molecule has 1 aromatic carbocycles. The quantitative estimate of drug-likeness (QED) is 0.767. The van der Waals surface area contributed by atoms with E-state index in [1.807, 2.05) is 0 Å². The summed E-state index contributed by atoms with van der Waals surface area (Å²) in [5.41, 5.74) is 2.79. The van der Waals surface area contributed by atoms with Crippen LogP contribution in [0.1, 0.15) is 62.6 Å². The van der Waals surface area contributed by atoms with E-state index in [1.54, 1.807) is 0 Å². The third kappa shape index (κ3) is 4.32. The first-order valence-corrected chi connectivity index (χ1v) is 8.49. The lowest BCUT2D eigenvalue weighted by molar-refractivity contribution is 0.301. The molecule has 1 N–H and O–H groups in total. The molecule has 1 nitrogen and oxygen atoms in total. The number of nitrogens with one attached hydrogen (secondary N) is 1. The van der Waals surface area contributed by atoms with Crippen LogP contribution in [0.15, 0.2) is 22.7 Å². The third-order valence-electron chi connectivity index (χ3n) is 4.33. The Bertz CT molecular complexity index is 396. The molecule has 0 aliphatic heterocycles. The minimum absolute atomic E-state index is 0.528. The number of aryl methyl sites for hydroxylation is 1. The van der Waals surface area contributed by atoms with Crippen LogP contribution in [0.4, 0.5) is 0 Å². The standard InChI is InChI=1S/C17H26BrN/c1-3-19-17(12-14-7-5-4-6-8-14)15-9-10-16(18)13(2)11-15/h9-11,14,17,19H,3-8,12H2,1-2H3. The second-order valence-electron chi connectivity index (χ2n) is 5.86. The van der Waals surface area contributed by atoms with E-state index in [0.29, 0.717) is 6.04 Å². The van der Waals surface area contributed by atoms with Crippen LogP contribution in [-0.2, 0) is 0 Å².